The van der Waals surface area contributed by atoms with Gasteiger partial charge >= 0.3 is 0 Å². The number of carbonyl (C=O) groups excluding carboxylic acids is 2. The molecule has 0 aromatic rings. The Hall–Kier alpha value is -1.08. The number of nitrogens with one attached hydrogen (secondary N) is 1. The summed E-state index contributed by atoms with van der Waals surface area (Å²) in [6, 6.07) is 0. The molecule has 0 heterocycles. The molecule has 3 heteroatoms. The van der Waals surface area contributed by atoms with Gasteiger partial charge in [-0.05, 0) is 19.4 Å². The van der Waals surface area contributed by atoms with Gasteiger partial charge in [-0.15, -0.1) is 0 Å². The van der Waals surface area contributed by atoms with E-state index in [4.69, 9.17) is 4.79 Å². The molecule has 0 radical (unpaired) electrons. The first kappa shape index (κ1) is 13.5. The second-order valence-corrected chi connectivity index (χ2v) is 2.24. The summed E-state index contributed by atoms with van der Waals surface area (Å²) in [5.74, 6) is 1.43. The van der Waals surface area contributed by atoms with Crippen molar-refractivity contribution in [3.8, 4) is 0 Å². The van der Waals surface area contributed by atoms with Gasteiger partial charge in [0, 0.05) is 13.0 Å². The summed E-state index contributed by atoms with van der Waals surface area (Å²) in [4.78, 5) is 19.3. The number of rotatable bonds is 4. The van der Waals surface area contributed by atoms with Crippen LogP contribution in [-0.2, 0) is 9.59 Å². The lowest BCUT2D eigenvalue weighted by atomic mass is 10.3. The minimum absolute atomic E-state index is 0.180. The molecule has 0 spiro atoms. The second kappa shape index (κ2) is 12.6. The van der Waals surface area contributed by atoms with Crippen LogP contribution in [0.5, 0.6) is 0 Å². The lowest BCUT2D eigenvalue weighted by molar-refractivity contribution is -0.121. The Morgan fingerprint density at radius 3 is 2.25 bits per heavy atom. The van der Waals surface area contributed by atoms with Crippen LogP contribution in [0, 0.1) is 0 Å². The fourth-order valence-electron chi connectivity index (χ4n) is 0.580. The van der Waals surface area contributed by atoms with Gasteiger partial charge in [-0.3, -0.25) is 4.79 Å². The number of hydrogen-bond donors (Lipinski definition) is 1. The van der Waals surface area contributed by atoms with E-state index in [-0.39, 0.29) is 5.91 Å². The molecule has 0 fully saturated rings. The highest BCUT2D eigenvalue weighted by atomic mass is 16.1. The van der Waals surface area contributed by atoms with Gasteiger partial charge in [-0.25, -0.2) is 4.79 Å². The minimum atomic E-state index is 0.180. The van der Waals surface area contributed by atoms with Crippen molar-refractivity contribution >= 4 is 11.8 Å². The van der Waals surface area contributed by atoms with Crippen molar-refractivity contribution in [3.63, 3.8) is 0 Å². The fourth-order valence-corrected chi connectivity index (χ4v) is 0.580. The molecule has 0 aromatic heterocycles. The topological polar surface area (TPSA) is 46.2 Å². The smallest absolute Gasteiger partial charge is 0.219 e. The maximum Gasteiger partial charge on any atom is 0.219 e. The van der Waals surface area contributed by atoms with Gasteiger partial charge in [0.25, 0.3) is 0 Å². The Kier molecular flexibility index (Phi) is 14.2. The largest absolute Gasteiger partial charge is 0.356 e. The lowest BCUT2D eigenvalue weighted by Gasteiger charge is -1.99. The molecule has 0 rings (SSSR count). The predicted molar refractivity (Wildman–Crippen MR) is 49.5 cm³/mol. The van der Waals surface area contributed by atoms with Crippen molar-refractivity contribution < 1.29 is 9.59 Å². The van der Waals surface area contributed by atoms with Crippen LogP contribution in [0.25, 0.3) is 0 Å². The Labute approximate surface area is 73.8 Å². The molecule has 12 heavy (non-hydrogen) atoms. The first-order valence-electron chi connectivity index (χ1n) is 4.13. The monoisotopic (exact) mass is 171 g/mol. The molecular weight excluding hydrogens is 154 g/mol. The summed E-state index contributed by atoms with van der Waals surface area (Å²) in [5, 5.41) is 2.79. The van der Waals surface area contributed by atoms with Crippen LogP contribution in [-0.4, -0.2) is 18.4 Å². The van der Waals surface area contributed by atoms with E-state index in [9.17, 15) is 4.79 Å². The highest BCUT2D eigenvalue weighted by Crippen LogP contribution is 1.84. The average Bonchev–Trinajstić information content (AvgIpc) is 2.03. The third-order valence-corrected chi connectivity index (χ3v) is 1.05. The molecule has 3 nitrogen and oxygen atoms in total. The van der Waals surface area contributed by atoms with E-state index in [1.54, 1.807) is 0 Å². The molecule has 0 aliphatic heterocycles. The van der Waals surface area contributed by atoms with E-state index in [2.05, 4.69) is 11.9 Å². The van der Waals surface area contributed by atoms with Crippen molar-refractivity contribution in [2.24, 2.45) is 0 Å². The molecule has 0 aliphatic rings. The second-order valence-electron chi connectivity index (χ2n) is 2.24. The zero-order valence-corrected chi connectivity index (χ0v) is 7.85. The van der Waals surface area contributed by atoms with Crippen molar-refractivity contribution in [3.05, 3.63) is 6.58 Å². The quantitative estimate of drug-likeness (QED) is 0.648. The number of amides is 1. The van der Waals surface area contributed by atoms with Crippen molar-refractivity contribution in [1.29, 1.82) is 0 Å². The van der Waals surface area contributed by atoms with Crippen LogP contribution >= 0.6 is 0 Å². The zero-order valence-electron chi connectivity index (χ0n) is 7.85. The minimum Gasteiger partial charge on any atom is -0.356 e. The standard InChI is InChI=1S/C7H15NO.C2H2O/c1-3-5-7(9)8-6-4-2;1-2-3/h3-6H2,1-2H3,(H,8,9);1H2. The van der Waals surface area contributed by atoms with E-state index in [0.29, 0.717) is 6.42 Å². The van der Waals surface area contributed by atoms with Gasteiger partial charge in [0.1, 0.15) is 5.94 Å². The average molecular weight is 171 g/mol. The summed E-state index contributed by atoms with van der Waals surface area (Å²) < 4.78 is 0. The van der Waals surface area contributed by atoms with Crippen LogP contribution in [0.1, 0.15) is 33.1 Å². The molecular formula is C9H17NO2. The van der Waals surface area contributed by atoms with Gasteiger partial charge in [0.15, 0.2) is 0 Å². The van der Waals surface area contributed by atoms with Crippen LogP contribution in [0.4, 0.5) is 0 Å². The number of carbonyl (C=O) groups is 1. The first-order chi connectivity index (χ1) is 5.72. The molecule has 70 valence electrons. The van der Waals surface area contributed by atoms with Gasteiger partial charge < -0.3 is 5.32 Å². The maximum absolute atomic E-state index is 10.7. The summed E-state index contributed by atoms with van der Waals surface area (Å²) in [6.45, 7) is 7.55. The van der Waals surface area contributed by atoms with Crippen LogP contribution in [0.2, 0.25) is 0 Å². The van der Waals surface area contributed by atoms with E-state index < -0.39 is 0 Å². The highest BCUT2D eigenvalue weighted by Gasteiger charge is 1.94. The molecule has 0 bridgehead atoms. The molecule has 0 aliphatic carbocycles. The van der Waals surface area contributed by atoms with Gasteiger partial charge in [0.2, 0.25) is 5.91 Å². The first-order valence-corrected chi connectivity index (χ1v) is 4.13. The van der Waals surface area contributed by atoms with Crippen molar-refractivity contribution in [2.75, 3.05) is 6.54 Å². The Morgan fingerprint density at radius 1 is 1.42 bits per heavy atom. The van der Waals surface area contributed by atoms with Crippen molar-refractivity contribution in [2.45, 2.75) is 33.1 Å². The number of hydrogen-bond acceptors (Lipinski definition) is 2. The SMILES string of the molecule is C=C=O.CCCNC(=O)CCC. The summed E-state index contributed by atoms with van der Waals surface area (Å²) in [5.41, 5.74) is 0. The Bertz CT molecular complexity index is 137. The molecule has 1 amide bonds. The molecule has 1 N–H and O–H groups in total. The van der Waals surface area contributed by atoms with Crippen LogP contribution < -0.4 is 5.32 Å². The lowest BCUT2D eigenvalue weighted by Crippen LogP contribution is -2.23. The summed E-state index contributed by atoms with van der Waals surface area (Å²) in [6.07, 6.45) is 2.63. The molecule has 0 aromatic carbocycles. The van der Waals surface area contributed by atoms with E-state index in [0.717, 1.165) is 19.4 Å². The van der Waals surface area contributed by atoms with Gasteiger partial charge in [-0.1, -0.05) is 13.8 Å². The highest BCUT2D eigenvalue weighted by molar-refractivity contribution is 5.75. The molecule has 0 saturated heterocycles. The molecule has 0 atom stereocenters. The van der Waals surface area contributed by atoms with Gasteiger partial charge in [-0.2, -0.15) is 0 Å². The third kappa shape index (κ3) is 16.0. The van der Waals surface area contributed by atoms with E-state index >= 15 is 0 Å². The maximum atomic E-state index is 10.7. The molecule has 0 unspecified atom stereocenters. The third-order valence-electron chi connectivity index (χ3n) is 1.05. The normalized spacial score (nSPS) is 7.50. The summed E-state index contributed by atoms with van der Waals surface area (Å²) in [7, 11) is 0. The predicted octanol–water partition coefficient (Wildman–Crippen LogP) is 1.32. The van der Waals surface area contributed by atoms with Crippen LogP contribution in [0.15, 0.2) is 6.58 Å². The van der Waals surface area contributed by atoms with Crippen LogP contribution in [0.3, 0.4) is 0 Å². The van der Waals surface area contributed by atoms with E-state index in [1.165, 1.54) is 5.94 Å². The Balaban J connectivity index is 0. The van der Waals surface area contributed by atoms with E-state index in [1.807, 2.05) is 13.8 Å². The van der Waals surface area contributed by atoms with Crippen molar-refractivity contribution in [1.82, 2.24) is 5.32 Å². The van der Waals surface area contributed by atoms with Gasteiger partial charge in [0.05, 0.1) is 0 Å². The summed E-state index contributed by atoms with van der Waals surface area (Å²) >= 11 is 0. The fraction of sp³-hybridized carbons (Fsp3) is 0.667. The zero-order chi connectivity index (χ0) is 9.82. The molecule has 0 saturated carbocycles. The Morgan fingerprint density at radius 2 is 1.92 bits per heavy atom.